The van der Waals surface area contributed by atoms with Crippen LogP contribution in [0, 0.1) is 0 Å². The summed E-state index contributed by atoms with van der Waals surface area (Å²) in [6.07, 6.45) is 1.66. The SMILES string of the molecule is COC(=O)C1=C[C@@H](c2ccc(Br)cc2)[C@H](c2ccccc2)C(=O)O1. The highest BCUT2D eigenvalue weighted by molar-refractivity contribution is 9.10. The van der Waals surface area contributed by atoms with Gasteiger partial charge in [-0.25, -0.2) is 4.79 Å². The minimum atomic E-state index is -0.656. The summed E-state index contributed by atoms with van der Waals surface area (Å²) < 4.78 is 10.9. The lowest BCUT2D eigenvalue weighted by Crippen LogP contribution is -2.29. The largest absolute Gasteiger partial charge is 0.463 e. The van der Waals surface area contributed by atoms with E-state index in [1.807, 2.05) is 54.6 Å². The Bertz CT molecular complexity index is 781. The molecule has 0 saturated heterocycles. The minimum absolute atomic E-state index is 0.0670. The first kappa shape index (κ1) is 16.5. The summed E-state index contributed by atoms with van der Waals surface area (Å²) in [4.78, 5) is 24.4. The topological polar surface area (TPSA) is 52.6 Å². The van der Waals surface area contributed by atoms with Gasteiger partial charge in [-0.15, -0.1) is 0 Å². The Morgan fingerprint density at radius 3 is 2.33 bits per heavy atom. The smallest absolute Gasteiger partial charge is 0.373 e. The summed E-state index contributed by atoms with van der Waals surface area (Å²) in [5.41, 5.74) is 1.76. The van der Waals surface area contributed by atoms with E-state index in [9.17, 15) is 9.59 Å². The van der Waals surface area contributed by atoms with Crippen LogP contribution in [0.25, 0.3) is 0 Å². The van der Waals surface area contributed by atoms with Gasteiger partial charge in [0.2, 0.25) is 5.76 Å². The second-order valence-corrected chi connectivity index (χ2v) is 6.32. The summed E-state index contributed by atoms with van der Waals surface area (Å²) in [5, 5.41) is 0. The maximum atomic E-state index is 12.6. The maximum absolute atomic E-state index is 12.6. The number of carbonyl (C=O) groups excluding carboxylic acids is 2. The van der Waals surface area contributed by atoms with Gasteiger partial charge in [-0.2, -0.15) is 0 Å². The van der Waals surface area contributed by atoms with E-state index in [0.717, 1.165) is 15.6 Å². The molecule has 0 saturated carbocycles. The second kappa shape index (κ2) is 7.01. The lowest BCUT2D eigenvalue weighted by atomic mass is 9.80. The van der Waals surface area contributed by atoms with E-state index >= 15 is 0 Å². The van der Waals surface area contributed by atoms with E-state index < -0.39 is 17.9 Å². The van der Waals surface area contributed by atoms with Crippen LogP contribution in [0.5, 0.6) is 0 Å². The Labute approximate surface area is 148 Å². The highest BCUT2D eigenvalue weighted by Crippen LogP contribution is 2.40. The molecule has 0 aromatic heterocycles. The number of esters is 2. The van der Waals surface area contributed by atoms with Gasteiger partial charge in [-0.05, 0) is 29.3 Å². The molecule has 0 radical (unpaired) electrons. The van der Waals surface area contributed by atoms with E-state index in [2.05, 4.69) is 15.9 Å². The molecule has 0 unspecified atom stereocenters. The van der Waals surface area contributed by atoms with Crippen molar-refractivity contribution in [3.05, 3.63) is 82.0 Å². The number of rotatable bonds is 3. The van der Waals surface area contributed by atoms with Crippen LogP contribution in [0.15, 0.2) is 70.9 Å². The molecule has 0 spiro atoms. The Hall–Kier alpha value is -2.40. The third kappa shape index (κ3) is 3.26. The number of hydrogen-bond donors (Lipinski definition) is 0. The molecule has 5 heteroatoms. The van der Waals surface area contributed by atoms with Crippen molar-refractivity contribution in [2.45, 2.75) is 11.8 Å². The van der Waals surface area contributed by atoms with Gasteiger partial charge in [-0.3, -0.25) is 4.79 Å². The highest BCUT2D eigenvalue weighted by atomic mass is 79.9. The fraction of sp³-hybridized carbons (Fsp3) is 0.158. The first-order valence-corrected chi connectivity index (χ1v) is 8.21. The minimum Gasteiger partial charge on any atom is -0.463 e. The molecule has 1 aliphatic rings. The molecule has 1 aliphatic heterocycles. The third-order valence-electron chi connectivity index (χ3n) is 3.95. The predicted octanol–water partition coefficient (Wildman–Crippen LogP) is 3.93. The monoisotopic (exact) mass is 386 g/mol. The summed E-state index contributed by atoms with van der Waals surface area (Å²) in [6.45, 7) is 0. The van der Waals surface area contributed by atoms with Crippen molar-refractivity contribution in [1.82, 2.24) is 0 Å². The van der Waals surface area contributed by atoms with Crippen LogP contribution in [-0.2, 0) is 19.1 Å². The molecule has 24 heavy (non-hydrogen) atoms. The summed E-state index contributed by atoms with van der Waals surface area (Å²) >= 11 is 3.41. The molecule has 1 heterocycles. The van der Waals surface area contributed by atoms with Gasteiger partial charge in [0.05, 0.1) is 13.0 Å². The third-order valence-corrected chi connectivity index (χ3v) is 4.48. The van der Waals surface area contributed by atoms with Crippen LogP contribution in [0.2, 0.25) is 0 Å². The summed E-state index contributed by atoms with van der Waals surface area (Å²) in [7, 11) is 1.26. The van der Waals surface area contributed by atoms with Crippen LogP contribution in [-0.4, -0.2) is 19.0 Å². The van der Waals surface area contributed by atoms with Crippen LogP contribution >= 0.6 is 15.9 Å². The van der Waals surface area contributed by atoms with Crippen LogP contribution in [0.1, 0.15) is 23.0 Å². The zero-order valence-corrected chi connectivity index (χ0v) is 14.5. The molecule has 2 aromatic rings. The second-order valence-electron chi connectivity index (χ2n) is 5.41. The quantitative estimate of drug-likeness (QED) is 0.749. The van der Waals surface area contributed by atoms with E-state index in [-0.39, 0.29) is 11.7 Å². The lowest BCUT2D eigenvalue weighted by molar-refractivity contribution is -0.152. The van der Waals surface area contributed by atoms with Crippen molar-refractivity contribution >= 4 is 27.9 Å². The summed E-state index contributed by atoms with van der Waals surface area (Å²) in [6, 6.07) is 17.1. The molecule has 2 atom stereocenters. The number of ether oxygens (including phenoxy) is 2. The molecule has 0 N–H and O–H groups in total. The molecule has 0 fully saturated rings. The number of cyclic esters (lactones) is 1. The first-order chi connectivity index (χ1) is 11.6. The molecule has 122 valence electrons. The van der Waals surface area contributed by atoms with Gasteiger partial charge >= 0.3 is 11.9 Å². The normalized spacial score (nSPS) is 20.1. The Morgan fingerprint density at radius 1 is 1.04 bits per heavy atom. The molecule has 4 nitrogen and oxygen atoms in total. The Balaban J connectivity index is 2.09. The number of halogens is 1. The van der Waals surface area contributed by atoms with Crippen LogP contribution in [0.4, 0.5) is 0 Å². The lowest BCUT2D eigenvalue weighted by Gasteiger charge is -2.28. The van der Waals surface area contributed by atoms with Gasteiger partial charge in [0.15, 0.2) is 0 Å². The molecule has 2 aromatic carbocycles. The molecule has 0 amide bonds. The molecule has 0 aliphatic carbocycles. The van der Waals surface area contributed by atoms with E-state index in [1.54, 1.807) is 6.08 Å². The van der Waals surface area contributed by atoms with Crippen molar-refractivity contribution < 1.29 is 19.1 Å². The number of methoxy groups -OCH3 is 1. The van der Waals surface area contributed by atoms with Crippen molar-refractivity contribution in [2.75, 3.05) is 7.11 Å². The zero-order valence-electron chi connectivity index (χ0n) is 12.9. The maximum Gasteiger partial charge on any atom is 0.373 e. The average Bonchev–Trinajstić information content (AvgIpc) is 2.61. The van der Waals surface area contributed by atoms with Crippen molar-refractivity contribution in [2.24, 2.45) is 0 Å². The molecule has 3 rings (SSSR count). The van der Waals surface area contributed by atoms with Gasteiger partial charge < -0.3 is 9.47 Å². The average molecular weight is 387 g/mol. The van der Waals surface area contributed by atoms with Crippen molar-refractivity contribution in [3.63, 3.8) is 0 Å². The first-order valence-electron chi connectivity index (χ1n) is 7.42. The van der Waals surface area contributed by atoms with E-state index in [0.29, 0.717) is 0 Å². The number of hydrogen-bond acceptors (Lipinski definition) is 4. The van der Waals surface area contributed by atoms with Crippen LogP contribution in [0.3, 0.4) is 0 Å². The Kier molecular flexibility index (Phi) is 4.81. The fourth-order valence-electron chi connectivity index (χ4n) is 2.80. The van der Waals surface area contributed by atoms with Gasteiger partial charge in [0, 0.05) is 10.4 Å². The molecule has 0 bridgehead atoms. The van der Waals surface area contributed by atoms with E-state index in [4.69, 9.17) is 9.47 Å². The fourth-order valence-corrected chi connectivity index (χ4v) is 3.06. The van der Waals surface area contributed by atoms with Crippen molar-refractivity contribution in [3.8, 4) is 0 Å². The summed E-state index contributed by atoms with van der Waals surface area (Å²) in [5.74, 6) is -2.01. The number of allylic oxidation sites excluding steroid dienone is 1. The highest BCUT2D eigenvalue weighted by Gasteiger charge is 2.38. The zero-order chi connectivity index (χ0) is 17.1. The standard InChI is InChI=1S/C19H15BrO4/c1-23-18(21)16-11-15(12-7-9-14(20)10-8-12)17(19(22)24-16)13-5-3-2-4-6-13/h2-11,15,17H,1H3/t15-,17-/m0/s1. The number of benzene rings is 2. The van der Waals surface area contributed by atoms with Crippen LogP contribution < -0.4 is 0 Å². The van der Waals surface area contributed by atoms with E-state index in [1.165, 1.54) is 7.11 Å². The number of carbonyl (C=O) groups is 2. The Morgan fingerprint density at radius 2 is 1.71 bits per heavy atom. The molecular formula is C19H15BrO4. The molecular weight excluding hydrogens is 372 g/mol. The van der Waals surface area contributed by atoms with Gasteiger partial charge in [0.1, 0.15) is 0 Å². The predicted molar refractivity (Wildman–Crippen MR) is 92.3 cm³/mol. The van der Waals surface area contributed by atoms with Gasteiger partial charge in [-0.1, -0.05) is 58.4 Å². The van der Waals surface area contributed by atoms with Gasteiger partial charge in [0.25, 0.3) is 0 Å². The van der Waals surface area contributed by atoms with Crippen molar-refractivity contribution in [1.29, 1.82) is 0 Å².